The molecular formula is C20H21N3O2S. The smallest absolute Gasteiger partial charge is 0.275 e. The number of aromatic nitrogens is 2. The van der Waals surface area contributed by atoms with Gasteiger partial charge in [0.15, 0.2) is 5.69 Å². The first kappa shape index (κ1) is 17.0. The summed E-state index contributed by atoms with van der Waals surface area (Å²) in [4.78, 5) is 29.3. The van der Waals surface area contributed by atoms with Crippen LogP contribution in [0.1, 0.15) is 47.2 Å². The quantitative estimate of drug-likeness (QED) is 0.710. The second-order valence-corrected chi connectivity index (χ2v) is 7.65. The van der Waals surface area contributed by atoms with E-state index in [1.54, 1.807) is 17.4 Å². The minimum absolute atomic E-state index is 0.0182. The van der Waals surface area contributed by atoms with Crippen LogP contribution in [0.5, 0.6) is 0 Å². The highest BCUT2D eigenvalue weighted by Gasteiger charge is 2.31. The summed E-state index contributed by atoms with van der Waals surface area (Å²) in [6.45, 7) is 5.24. The molecule has 0 aliphatic carbocycles. The fourth-order valence-corrected chi connectivity index (χ4v) is 4.64. The standard InChI is InChI=1S/C20H21N3O2S/c1-3-10-23-19(24)16-7-5-4-6-15(16)18(21-23)20(25)22-11-8-17-14(13(22)2)9-12-26-17/h4-7,9,12-13H,3,8,10-11H2,1-2H3. The van der Waals surface area contributed by atoms with E-state index in [0.717, 1.165) is 12.8 Å². The van der Waals surface area contributed by atoms with Crippen molar-refractivity contribution in [2.24, 2.45) is 0 Å². The summed E-state index contributed by atoms with van der Waals surface area (Å²) < 4.78 is 1.43. The van der Waals surface area contributed by atoms with E-state index < -0.39 is 0 Å². The van der Waals surface area contributed by atoms with Crippen LogP contribution in [0.2, 0.25) is 0 Å². The monoisotopic (exact) mass is 367 g/mol. The van der Waals surface area contributed by atoms with E-state index >= 15 is 0 Å². The van der Waals surface area contributed by atoms with Gasteiger partial charge < -0.3 is 4.90 Å². The van der Waals surface area contributed by atoms with Gasteiger partial charge in [-0.15, -0.1) is 11.3 Å². The third-order valence-electron chi connectivity index (χ3n) is 5.04. The number of carbonyl (C=O) groups excluding carboxylic acids is 1. The Bertz CT molecular complexity index is 1040. The zero-order valence-corrected chi connectivity index (χ0v) is 15.8. The van der Waals surface area contributed by atoms with Gasteiger partial charge >= 0.3 is 0 Å². The molecule has 0 spiro atoms. The van der Waals surface area contributed by atoms with E-state index in [-0.39, 0.29) is 17.5 Å². The number of carbonyl (C=O) groups is 1. The normalized spacial score (nSPS) is 16.7. The Labute approximate surface area is 155 Å². The molecule has 0 fully saturated rings. The lowest BCUT2D eigenvalue weighted by Gasteiger charge is -2.33. The van der Waals surface area contributed by atoms with Crippen LogP contribution in [0, 0.1) is 0 Å². The van der Waals surface area contributed by atoms with Gasteiger partial charge in [-0.2, -0.15) is 5.10 Å². The number of nitrogens with zero attached hydrogens (tertiary/aromatic N) is 3. The van der Waals surface area contributed by atoms with Crippen LogP contribution < -0.4 is 5.56 Å². The molecule has 1 amide bonds. The molecule has 0 saturated heterocycles. The summed E-state index contributed by atoms with van der Waals surface area (Å²) in [6.07, 6.45) is 1.66. The number of aryl methyl sites for hydroxylation is 1. The van der Waals surface area contributed by atoms with Crippen molar-refractivity contribution < 1.29 is 4.79 Å². The molecule has 3 aromatic rings. The molecule has 4 rings (SSSR count). The lowest BCUT2D eigenvalue weighted by Crippen LogP contribution is -2.40. The van der Waals surface area contributed by atoms with Crippen LogP contribution in [0.25, 0.3) is 10.8 Å². The zero-order chi connectivity index (χ0) is 18.3. The lowest BCUT2D eigenvalue weighted by molar-refractivity contribution is 0.0672. The highest BCUT2D eigenvalue weighted by atomic mass is 32.1. The van der Waals surface area contributed by atoms with Gasteiger partial charge in [0.25, 0.3) is 11.5 Å². The predicted molar refractivity (Wildman–Crippen MR) is 104 cm³/mol. The number of amides is 1. The van der Waals surface area contributed by atoms with E-state index in [1.807, 2.05) is 30.0 Å². The van der Waals surface area contributed by atoms with Crippen LogP contribution in [0.4, 0.5) is 0 Å². The molecule has 0 saturated carbocycles. The Morgan fingerprint density at radius 3 is 2.81 bits per heavy atom. The molecule has 1 aromatic carbocycles. The van der Waals surface area contributed by atoms with Crippen molar-refractivity contribution in [2.75, 3.05) is 6.54 Å². The summed E-state index contributed by atoms with van der Waals surface area (Å²) in [5, 5.41) is 7.74. The van der Waals surface area contributed by atoms with Gasteiger partial charge in [0.2, 0.25) is 0 Å². The number of fused-ring (bicyclic) bond motifs is 2. The molecule has 0 radical (unpaired) electrons. The van der Waals surface area contributed by atoms with Crippen LogP contribution in [-0.4, -0.2) is 27.1 Å². The molecule has 2 aromatic heterocycles. The van der Waals surface area contributed by atoms with Gasteiger partial charge in [0.1, 0.15) is 0 Å². The second kappa shape index (κ2) is 6.68. The number of thiophene rings is 1. The fourth-order valence-electron chi connectivity index (χ4n) is 3.68. The average molecular weight is 367 g/mol. The molecule has 1 aliphatic rings. The number of benzene rings is 1. The molecule has 3 heterocycles. The van der Waals surface area contributed by atoms with Crippen LogP contribution in [0.3, 0.4) is 0 Å². The minimum atomic E-state index is -0.134. The summed E-state index contributed by atoms with van der Waals surface area (Å²) in [5.74, 6) is -0.101. The molecule has 0 bridgehead atoms. The SMILES string of the molecule is CCCn1nc(C(=O)N2CCc3sccc3C2C)c2ccccc2c1=O. The van der Waals surface area contributed by atoms with Crippen molar-refractivity contribution in [3.8, 4) is 0 Å². The topological polar surface area (TPSA) is 55.2 Å². The van der Waals surface area contributed by atoms with Gasteiger partial charge in [-0.25, -0.2) is 4.68 Å². The van der Waals surface area contributed by atoms with Crippen molar-refractivity contribution >= 4 is 28.0 Å². The molecule has 26 heavy (non-hydrogen) atoms. The van der Waals surface area contributed by atoms with Gasteiger partial charge in [0.05, 0.1) is 11.4 Å². The molecule has 1 atom stereocenters. The van der Waals surface area contributed by atoms with E-state index in [1.165, 1.54) is 15.1 Å². The summed E-state index contributed by atoms with van der Waals surface area (Å²) in [7, 11) is 0. The molecule has 134 valence electrons. The Balaban J connectivity index is 1.82. The Morgan fingerprint density at radius 1 is 1.27 bits per heavy atom. The fraction of sp³-hybridized carbons (Fsp3) is 0.350. The highest BCUT2D eigenvalue weighted by molar-refractivity contribution is 7.10. The third-order valence-corrected chi connectivity index (χ3v) is 6.04. The maximum absolute atomic E-state index is 13.4. The van der Waals surface area contributed by atoms with Crippen molar-refractivity contribution in [1.29, 1.82) is 0 Å². The maximum atomic E-state index is 13.4. The Hall–Kier alpha value is -2.47. The first-order valence-corrected chi connectivity index (χ1v) is 9.87. The van der Waals surface area contributed by atoms with Gasteiger partial charge in [-0.1, -0.05) is 25.1 Å². The van der Waals surface area contributed by atoms with Crippen LogP contribution >= 0.6 is 11.3 Å². The Kier molecular flexibility index (Phi) is 4.36. The van der Waals surface area contributed by atoms with Crippen LogP contribution in [-0.2, 0) is 13.0 Å². The molecule has 1 aliphatic heterocycles. The summed E-state index contributed by atoms with van der Waals surface area (Å²) in [6, 6.07) is 9.39. The number of rotatable bonds is 3. The minimum Gasteiger partial charge on any atom is -0.330 e. The van der Waals surface area contributed by atoms with Crippen molar-refractivity contribution in [3.63, 3.8) is 0 Å². The number of hydrogen-bond acceptors (Lipinski definition) is 4. The average Bonchev–Trinajstić information content (AvgIpc) is 3.14. The van der Waals surface area contributed by atoms with Gasteiger partial charge in [0, 0.05) is 23.4 Å². The molecular weight excluding hydrogens is 346 g/mol. The summed E-state index contributed by atoms with van der Waals surface area (Å²) >= 11 is 1.75. The second-order valence-electron chi connectivity index (χ2n) is 6.65. The molecule has 6 heteroatoms. The van der Waals surface area contributed by atoms with E-state index in [4.69, 9.17) is 0 Å². The summed E-state index contributed by atoms with van der Waals surface area (Å²) in [5.41, 5.74) is 1.46. The molecule has 1 unspecified atom stereocenters. The maximum Gasteiger partial charge on any atom is 0.275 e. The molecule has 5 nitrogen and oxygen atoms in total. The molecule has 0 N–H and O–H groups in total. The zero-order valence-electron chi connectivity index (χ0n) is 14.9. The van der Waals surface area contributed by atoms with Crippen molar-refractivity contribution in [3.05, 3.63) is 62.2 Å². The first-order valence-electron chi connectivity index (χ1n) is 8.99. The van der Waals surface area contributed by atoms with E-state index in [2.05, 4.69) is 23.5 Å². The third kappa shape index (κ3) is 2.65. The van der Waals surface area contributed by atoms with Gasteiger partial charge in [-0.3, -0.25) is 9.59 Å². The van der Waals surface area contributed by atoms with Crippen LogP contribution in [0.15, 0.2) is 40.5 Å². The van der Waals surface area contributed by atoms with E-state index in [0.29, 0.717) is 29.6 Å². The lowest BCUT2D eigenvalue weighted by atomic mass is 10.0. The number of hydrogen-bond donors (Lipinski definition) is 0. The van der Waals surface area contributed by atoms with Crippen molar-refractivity contribution in [1.82, 2.24) is 14.7 Å². The van der Waals surface area contributed by atoms with Crippen molar-refractivity contribution in [2.45, 2.75) is 39.3 Å². The largest absolute Gasteiger partial charge is 0.330 e. The first-order chi connectivity index (χ1) is 12.6. The van der Waals surface area contributed by atoms with Gasteiger partial charge in [-0.05, 0) is 42.8 Å². The Morgan fingerprint density at radius 2 is 2.04 bits per heavy atom. The highest BCUT2D eigenvalue weighted by Crippen LogP contribution is 2.34. The van der Waals surface area contributed by atoms with E-state index in [9.17, 15) is 9.59 Å². The predicted octanol–water partition coefficient (Wildman–Crippen LogP) is 3.63.